The Morgan fingerprint density at radius 3 is 2.73 bits per heavy atom. The standard InChI is InChI=1S/C23H23NO6/c1-4-28-22(26)12-16-6-5-7-18(10-16)23-24-19(15(2)30-23)14-29-20-9-8-17(13-25)11-21(20)27-3/h5-11,13H,4,12,14H2,1-3H3. The number of rotatable bonds is 9. The highest BCUT2D eigenvalue weighted by Crippen LogP contribution is 2.29. The molecule has 156 valence electrons. The molecule has 7 heteroatoms. The fourth-order valence-corrected chi connectivity index (χ4v) is 2.90. The molecule has 0 radical (unpaired) electrons. The van der Waals surface area contributed by atoms with Gasteiger partial charge in [0.2, 0.25) is 5.89 Å². The van der Waals surface area contributed by atoms with Crippen molar-refractivity contribution in [2.24, 2.45) is 0 Å². The van der Waals surface area contributed by atoms with Gasteiger partial charge in [0.25, 0.3) is 0 Å². The first-order valence-electron chi connectivity index (χ1n) is 9.51. The van der Waals surface area contributed by atoms with E-state index in [9.17, 15) is 9.59 Å². The van der Waals surface area contributed by atoms with Crippen LogP contribution in [0.5, 0.6) is 11.5 Å². The summed E-state index contributed by atoms with van der Waals surface area (Å²) in [5, 5.41) is 0. The van der Waals surface area contributed by atoms with Crippen LogP contribution in [0.3, 0.4) is 0 Å². The summed E-state index contributed by atoms with van der Waals surface area (Å²) in [7, 11) is 1.51. The molecule has 0 aliphatic rings. The van der Waals surface area contributed by atoms with Gasteiger partial charge in [-0.15, -0.1) is 0 Å². The molecule has 1 aromatic heterocycles. The molecule has 3 aromatic rings. The van der Waals surface area contributed by atoms with Crippen LogP contribution < -0.4 is 9.47 Å². The molecule has 0 N–H and O–H groups in total. The molecular weight excluding hydrogens is 386 g/mol. The van der Waals surface area contributed by atoms with Crippen molar-refractivity contribution in [1.82, 2.24) is 4.98 Å². The SMILES string of the molecule is CCOC(=O)Cc1cccc(-c2nc(COc3ccc(C=O)cc3OC)c(C)o2)c1. The van der Waals surface area contributed by atoms with Crippen molar-refractivity contribution in [3.8, 4) is 23.0 Å². The number of oxazole rings is 1. The monoisotopic (exact) mass is 409 g/mol. The van der Waals surface area contributed by atoms with Crippen molar-refractivity contribution in [1.29, 1.82) is 0 Å². The number of aldehydes is 1. The van der Waals surface area contributed by atoms with Crippen LogP contribution in [0.15, 0.2) is 46.9 Å². The van der Waals surface area contributed by atoms with Gasteiger partial charge in [-0.3, -0.25) is 9.59 Å². The molecule has 0 saturated heterocycles. The number of carbonyl (C=O) groups is 2. The number of hydrogen-bond donors (Lipinski definition) is 0. The number of methoxy groups -OCH3 is 1. The van der Waals surface area contributed by atoms with Crippen molar-refractivity contribution in [2.45, 2.75) is 26.9 Å². The number of nitrogens with zero attached hydrogens (tertiary/aromatic N) is 1. The van der Waals surface area contributed by atoms with Crippen LogP contribution in [0.2, 0.25) is 0 Å². The predicted octanol–water partition coefficient (Wildman–Crippen LogP) is 4.16. The molecule has 0 spiro atoms. The lowest BCUT2D eigenvalue weighted by molar-refractivity contribution is -0.142. The fourth-order valence-electron chi connectivity index (χ4n) is 2.90. The van der Waals surface area contributed by atoms with E-state index >= 15 is 0 Å². The lowest BCUT2D eigenvalue weighted by Gasteiger charge is -2.10. The average molecular weight is 409 g/mol. The summed E-state index contributed by atoms with van der Waals surface area (Å²) in [5.41, 5.74) is 2.72. The van der Waals surface area contributed by atoms with Gasteiger partial charge in [0.05, 0.1) is 20.1 Å². The highest BCUT2D eigenvalue weighted by molar-refractivity contribution is 5.76. The molecule has 0 aliphatic carbocycles. The van der Waals surface area contributed by atoms with Crippen molar-refractivity contribution in [3.05, 3.63) is 65.0 Å². The minimum absolute atomic E-state index is 0.175. The summed E-state index contributed by atoms with van der Waals surface area (Å²) in [6.07, 6.45) is 0.935. The van der Waals surface area contributed by atoms with E-state index in [0.717, 1.165) is 17.4 Å². The zero-order valence-electron chi connectivity index (χ0n) is 17.1. The molecule has 7 nitrogen and oxygen atoms in total. The second kappa shape index (κ2) is 9.73. The van der Waals surface area contributed by atoms with Crippen LogP contribution in [0.1, 0.15) is 34.3 Å². The van der Waals surface area contributed by atoms with Crippen molar-refractivity contribution in [3.63, 3.8) is 0 Å². The number of esters is 1. The van der Waals surface area contributed by atoms with Crippen LogP contribution in [-0.4, -0.2) is 31.0 Å². The molecule has 0 saturated carbocycles. The Hall–Kier alpha value is -3.61. The second-order valence-electron chi connectivity index (χ2n) is 6.52. The lowest BCUT2D eigenvalue weighted by atomic mass is 10.1. The molecule has 30 heavy (non-hydrogen) atoms. The number of aromatic nitrogens is 1. The number of benzene rings is 2. The molecule has 3 rings (SSSR count). The van der Waals surface area contributed by atoms with E-state index < -0.39 is 0 Å². The maximum Gasteiger partial charge on any atom is 0.310 e. The Bertz CT molecular complexity index is 1040. The van der Waals surface area contributed by atoms with Crippen LogP contribution in [-0.2, 0) is 22.6 Å². The summed E-state index contributed by atoms with van der Waals surface area (Å²) < 4.78 is 21.9. The van der Waals surface area contributed by atoms with E-state index in [4.69, 9.17) is 18.6 Å². The Kier molecular flexibility index (Phi) is 6.85. The summed E-state index contributed by atoms with van der Waals surface area (Å²) in [6.45, 7) is 4.11. The van der Waals surface area contributed by atoms with Gasteiger partial charge in [0.1, 0.15) is 24.3 Å². The van der Waals surface area contributed by atoms with E-state index in [1.165, 1.54) is 7.11 Å². The molecule has 0 atom stereocenters. The van der Waals surface area contributed by atoms with Crippen molar-refractivity contribution < 1.29 is 28.2 Å². The smallest absolute Gasteiger partial charge is 0.310 e. The van der Waals surface area contributed by atoms with Gasteiger partial charge in [-0.05, 0) is 49.7 Å². The van der Waals surface area contributed by atoms with E-state index in [1.54, 1.807) is 25.1 Å². The maximum absolute atomic E-state index is 11.7. The first-order chi connectivity index (χ1) is 14.5. The molecular formula is C23H23NO6. The Morgan fingerprint density at radius 2 is 2.00 bits per heavy atom. The first-order valence-corrected chi connectivity index (χ1v) is 9.51. The van der Waals surface area contributed by atoms with E-state index in [2.05, 4.69) is 4.98 Å². The summed E-state index contributed by atoms with van der Waals surface area (Å²) in [6, 6.07) is 12.4. The second-order valence-corrected chi connectivity index (χ2v) is 6.52. The topological polar surface area (TPSA) is 87.9 Å². The Labute approximate surface area is 174 Å². The van der Waals surface area contributed by atoms with Crippen LogP contribution in [0.4, 0.5) is 0 Å². The van der Waals surface area contributed by atoms with Gasteiger partial charge >= 0.3 is 5.97 Å². The lowest BCUT2D eigenvalue weighted by Crippen LogP contribution is -2.07. The van der Waals surface area contributed by atoms with Crippen LogP contribution in [0.25, 0.3) is 11.5 Å². The highest BCUT2D eigenvalue weighted by Gasteiger charge is 2.15. The zero-order chi connectivity index (χ0) is 21.5. The molecule has 0 unspecified atom stereocenters. The zero-order valence-corrected chi connectivity index (χ0v) is 17.1. The maximum atomic E-state index is 11.7. The molecule has 0 bridgehead atoms. The largest absolute Gasteiger partial charge is 0.493 e. The number of carbonyl (C=O) groups excluding carboxylic acids is 2. The predicted molar refractivity (Wildman–Crippen MR) is 110 cm³/mol. The normalized spacial score (nSPS) is 10.5. The number of aryl methyl sites for hydroxylation is 1. The third kappa shape index (κ3) is 5.05. The Morgan fingerprint density at radius 1 is 1.17 bits per heavy atom. The minimum atomic E-state index is -0.276. The first kappa shape index (κ1) is 21.1. The quantitative estimate of drug-likeness (QED) is 0.387. The highest BCUT2D eigenvalue weighted by atomic mass is 16.5. The van der Waals surface area contributed by atoms with Gasteiger partial charge < -0.3 is 18.6 Å². The number of hydrogen-bond acceptors (Lipinski definition) is 7. The third-order valence-electron chi connectivity index (χ3n) is 4.41. The third-order valence-corrected chi connectivity index (χ3v) is 4.41. The number of ether oxygens (including phenoxy) is 3. The van der Waals surface area contributed by atoms with Crippen molar-refractivity contribution >= 4 is 12.3 Å². The van der Waals surface area contributed by atoms with Crippen molar-refractivity contribution in [2.75, 3.05) is 13.7 Å². The van der Waals surface area contributed by atoms with Crippen LogP contribution >= 0.6 is 0 Å². The van der Waals surface area contributed by atoms with Gasteiger partial charge in [-0.25, -0.2) is 4.98 Å². The van der Waals surface area contributed by atoms with E-state index in [-0.39, 0.29) is 19.0 Å². The fraction of sp³-hybridized carbons (Fsp3) is 0.261. The van der Waals surface area contributed by atoms with Gasteiger partial charge in [0.15, 0.2) is 11.5 Å². The van der Waals surface area contributed by atoms with E-state index in [0.29, 0.717) is 41.0 Å². The average Bonchev–Trinajstić information content (AvgIpc) is 3.13. The Balaban J connectivity index is 1.75. The molecule has 1 heterocycles. The van der Waals surface area contributed by atoms with Crippen LogP contribution in [0, 0.1) is 6.92 Å². The van der Waals surface area contributed by atoms with Gasteiger partial charge in [-0.2, -0.15) is 0 Å². The molecule has 0 fully saturated rings. The molecule has 0 amide bonds. The van der Waals surface area contributed by atoms with Gasteiger partial charge in [-0.1, -0.05) is 12.1 Å². The summed E-state index contributed by atoms with van der Waals surface area (Å²) in [5.74, 6) is 1.77. The summed E-state index contributed by atoms with van der Waals surface area (Å²) in [4.78, 5) is 27.2. The van der Waals surface area contributed by atoms with E-state index in [1.807, 2.05) is 31.2 Å². The summed E-state index contributed by atoms with van der Waals surface area (Å²) >= 11 is 0. The molecule has 0 aliphatic heterocycles. The van der Waals surface area contributed by atoms with Gasteiger partial charge in [0, 0.05) is 11.1 Å². The minimum Gasteiger partial charge on any atom is -0.493 e. The molecule has 2 aromatic carbocycles.